The number of rotatable bonds is 6. The van der Waals surface area contributed by atoms with Crippen molar-refractivity contribution in [2.45, 2.75) is 32.9 Å². The summed E-state index contributed by atoms with van der Waals surface area (Å²) in [4.78, 5) is 29.1. The molecule has 0 bridgehead atoms. The maximum Gasteiger partial charge on any atom is 0.332 e. The summed E-state index contributed by atoms with van der Waals surface area (Å²) in [5, 5.41) is 0. The van der Waals surface area contributed by atoms with Crippen LogP contribution in [0.1, 0.15) is 25.8 Å². The average molecular weight is 352 g/mol. The van der Waals surface area contributed by atoms with Gasteiger partial charge in [-0.3, -0.25) is 4.79 Å². The smallest absolute Gasteiger partial charge is 0.332 e. The first-order valence-corrected chi connectivity index (χ1v) is 8.83. The normalized spacial score (nSPS) is 17.3. The largest absolute Gasteiger partial charge is 0.497 e. The molecule has 0 radical (unpaired) electrons. The van der Waals surface area contributed by atoms with E-state index in [9.17, 15) is 9.59 Å². The molecule has 5 heteroatoms. The lowest BCUT2D eigenvalue weighted by molar-refractivity contribution is -0.120. The van der Waals surface area contributed by atoms with Crippen LogP contribution in [0.3, 0.4) is 0 Å². The second-order valence-electron chi connectivity index (χ2n) is 6.92. The number of methoxy groups -OCH3 is 1. The highest BCUT2D eigenvalue weighted by Gasteiger charge is 2.45. The number of anilines is 1. The van der Waals surface area contributed by atoms with Gasteiger partial charge < -0.3 is 9.64 Å². The lowest BCUT2D eigenvalue weighted by Gasteiger charge is -2.23. The first kappa shape index (κ1) is 18.0. The number of carbonyl (C=O) groups is 2. The summed E-state index contributed by atoms with van der Waals surface area (Å²) >= 11 is 0. The Balaban J connectivity index is 1.92. The van der Waals surface area contributed by atoms with E-state index in [0.717, 1.165) is 11.3 Å². The molecule has 0 N–H and O–H groups in total. The Hall–Kier alpha value is -2.82. The van der Waals surface area contributed by atoms with Crippen LogP contribution in [0, 0.1) is 5.92 Å². The van der Waals surface area contributed by atoms with Crippen LogP contribution in [0.2, 0.25) is 0 Å². The second-order valence-corrected chi connectivity index (χ2v) is 6.92. The molecule has 5 nitrogen and oxygen atoms in total. The predicted molar refractivity (Wildman–Crippen MR) is 101 cm³/mol. The van der Waals surface area contributed by atoms with Crippen molar-refractivity contribution in [2.75, 3.05) is 12.0 Å². The fraction of sp³-hybridized carbons (Fsp3) is 0.333. The van der Waals surface area contributed by atoms with Crippen molar-refractivity contribution in [1.82, 2.24) is 4.90 Å². The lowest BCUT2D eigenvalue weighted by Crippen LogP contribution is -2.35. The Labute approximate surface area is 154 Å². The Morgan fingerprint density at radius 3 is 2.42 bits per heavy atom. The van der Waals surface area contributed by atoms with E-state index in [4.69, 9.17) is 4.74 Å². The maximum absolute atomic E-state index is 13.1. The molecule has 0 aliphatic carbocycles. The standard InChI is InChI=1S/C21H24N2O3/c1-15(2)12-19-20(24)23(17-9-5-4-6-10-17)21(25)22(19)14-16-8-7-11-18(13-16)26-3/h4-11,13,15,19H,12,14H2,1-3H3/t19-/m0/s1. The van der Waals surface area contributed by atoms with Gasteiger partial charge in [-0.15, -0.1) is 0 Å². The van der Waals surface area contributed by atoms with Crippen molar-refractivity contribution in [3.8, 4) is 5.75 Å². The molecule has 0 spiro atoms. The van der Waals surface area contributed by atoms with Crippen LogP contribution in [0.4, 0.5) is 10.5 Å². The first-order chi connectivity index (χ1) is 12.5. The van der Waals surface area contributed by atoms with Crippen molar-refractivity contribution in [3.05, 3.63) is 60.2 Å². The van der Waals surface area contributed by atoms with Crippen molar-refractivity contribution < 1.29 is 14.3 Å². The molecule has 1 aliphatic rings. The van der Waals surface area contributed by atoms with Crippen molar-refractivity contribution in [1.29, 1.82) is 0 Å². The topological polar surface area (TPSA) is 49.9 Å². The first-order valence-electron chi connectivity index (χ1n) is 8.83. The van der Waals surface area contributed by atoms with E-state index in [1.807, 2.05) is 42.5 Å². The Bertz CT molecular complexity index is 789. The third kappa shape index (κ3) is 3.57. The van der Waals surface area contributed by atoms with Gasteiger partial charge in [-0.1, -0.05) is 44.2 Å². The Kier molecular flexibility index (Phi) is 5.26. The zero-order chi connectivity index (χ0) is 18.7. The van der Waals surface area contributed by atoms with Gasteiger partial charge >= 0.3 is 6.03 Å². The van der Waals surface area contributed by atoms with Gasteiger partial charge in [0.2, 0.25) is 0 Å². The molecule has 1 aliphatic heterocycles. The zero-order valence-corrected chi connectivity index (χ0v) is 15.4. The molecule has 2 aromatic carbocycles. The monoisotopic (exact) mass is 352 g/mol. The summed E-state index contributed by atoms with van der Waals surface area (Å²) in [6.45, 7) is 4.50. The second kappa shape index (κ2) is 7.60. The Morgan fingerprint density at radius 2 is 1.77 bits per heavy atom. The summed E-state index contributed by atoms with van der Waals surface area (Å²) in [6, 6.07) is 16.0. The minimum absolute atomic E-state index is 0.155. The number of urea groups is 1. The summed E-state index contributed by atoms with van der Waals surface area (Å²) in [5.74, 6) is 0.888. The highest BCUT2D eigenvalue weighted by Crippen LogP contribution is 2.30. The third-order valence-corrected chi connectivity index (χ3v) is 4.51. The van der Waals surface area contributed by atoms with Gasteiger partial charge in [0.05, 0.1) is 12.8 Å². The molecular formula is C21H24N2O3. The number of hydrogen-bond donors (Lipinski definition) is 0. The zero-order valence-electron chi connectivity index (χ0n) is 15.4. The van der Waals surface area contributed by atoms with E-state index in [0.29, 0.717) is 24.6 Å². The van der Waals surface area contributed by atoms with E-state index in [1.54, 1.807) is 24.1 Å². The summed E-state index contributed by atoms with van der Waals surface area (Å²) < 4.78 is 5.27. The Morgan fingerprint density at radius 1 is 1.04 bits per heavy atom. The third-order valence-electron chi connectivity index (χ3n) is 4.51. The number of hydrogen-bond acceptors (Lipinski definition) is 3. The molecule has 3 rings (SSSR count). The highest BCUT2D eigenvalue weighted by atomic mass is 16.5. The van der Waals surface area contributed by atoms with Crippen LogP contribution in [-0.4, -0.2) is 30.0 Å². The molecule has 1 saturated heterocycles. The van der Waals surface area contributed by atoms with E-state index in [1.165, 1.54) is 4.90 Å². The van der Waals surface area contributed by atoms with Crippen LogP contribution >= 0.6 is 0 Å². The molecule has 2 aromatic rings. The van der Waals surface area contributed by atoms with E-state index in [2.05, 4.69) is 13.8 Å². The predicted octanol–water partition coefficient (Wildman–Crippen LogP) is 4.08. The molecule has 0 saturated carbocycles. The van der Waals surface area contributed by atoms with Gasteiger partial charge in [0.1, 0.15) is 11.8 Å². The fourth-order valence-electron chi connectivity index (χ4n) is 3.27. The highest BCUT2D eigenvalue weighted by molar-refractivity contribution is 6.21. The summed E-state index contributed by atoms with van der Waals surface area (Å²) in [5.41, 5.74) is 1.55. The van der Waals surface area contributed by atoms with Gasteiger partial charge in [0.15, 0.2) is 0 Å². The fourth-order valence-corrected chi connectivity index (χ4v) is 3.27. The molecule has 1 heterocycles. The van der Waals surface area contributed by atoms with Gasteiger partial charge in [-0.2, -0.15) is 0 Å². The molecule has 136 valence electrons. The molecule has 0 aromatic heterocycles. The number of amides is 3. The van der Waals surface area contributed by atoms with Crippen LogP contribution in [-0.2, 0) is 11.3 Å². The van der Waals surface area contributed by atoms with Crippen LogP contribution in [0.15, 0.2) is 54.6 Å². The van der Waals surface area contributed by atoms with E-state index < -0.39 is 6.04 Å². The number of para-hydroxylation sites is 1. The average Bonchev–Trinajstić information content (AvgIpc) is 2.86. The van der Waals surface area contributed by atoms with Gasteiger partial charge in [-0.05, 0) is 42.2 Å². The van der Waals surface area contributed by atoms with Crippen LogP contribution in [0.25, 0.3) is 0 Å². The summed E-state index contributed by atoms with van der Waals surface area (Å²) in [6.07, 6.45) is 0.637. The van der Waals surface area contributed by atoms with Gasteiger partial charge in [0, 0.05) is 6.54 Å². The number of ether oxygens (including phenoxy) is 1. The minimum Gasteiger partial charge on any atom is -0.497 e. The molecule has 3 amide bonds. The summed E-state index contributed by atoms with van der Waals surface area (Å²) in [7, 11) is 1.61. The molecule has 26 heavy (non-hydrogen) atoms. The van der Waals surface area contributed by atoms with Gasteiger partial charge in [-0.25, -0.2) is 9.69 Å². The number of benzene rings is 2. The molecule has 1 fully saturated rings. The molecule has 0 unspecified atom stereocenters. The van der Waals surface area contributed by atoms with Crippen LogP contribution in [0.5, 0.6) is 5.75 Å². The van der Waals surface area contributed by atoms with E-state index in [-0.39, 0.29) is 11.9 Å². The van der Waals surface area contributed by atoms with Crippen molar-refractivity contribution >= 4 is 17.6 Å². The van der Waals surface area contributed by atoms with Crippen molar-refractivity contribution in [3.63, 3.8) is 0 Å². The quantitative estimate of drug-likeness (QED) is 0.736. The number of carbonyl (C=O) groups excluding carboxylic acids is 2. The molecule has 1 atom stereocenters. The van der Waals surface area contributed by atoms with Crippen LogP contribution < -0.4 is 9.64 Å². The maximum atomic E-state index is 13.1. The SMILES string of the molecule is COc1cccc(CN2C(=O)N(c3ccccc3)C(=O)[C@@H]2CC(C)C)c1. The lowest BCUT2D eigenvalue weighted by atomic mass is 10.0. The minimum atomic E-state index is -0.450. The number of imide groups is 1. The van der Waals surface area contributed by atoms with Gasteiger partial charge in [0.25, 0.3) is 5.91 Å². The number of nitrogens with zero attached hydrogens (tertiary/aromatic N) is 2. The van der Waals surface area contributed by atoms with Crippen molar-refractivity contribution in [2.24, 2.45) is 5.92 Å². The van der Waals surface area contributed by atoms with E-state index >= 15 is 0 Å². The molecular weight excluding hydrogens is 328 g/mol.